The predicted molar refractivity (Wildman–Crippen MR) is 68.7 cm³/mol. The summed E-state index contributed by atoms with van der Waals surface area (Å²) in [5.74, 6) is -2.35. The standard InChI is InChI=1S/C13H18F2N2O2/c1-7(2)12(6-19-3)17-13(18)8-4-11(16)10(15)5-9(8)14/h4-5,7,12H,6,16H2,1-3H3,(H,17,18). The zero-order valence-electron chi connectivity index (χ0n) is 11.2. The van der Waals surface area contributed by atoms with Gasteiger partial charge in [0.15, 0.2) is 0 Å². The first-order chi connectivity index (χ1) is 8.86. The number of ether oxygens (including phenoxy) is 1. The monoisotopic (exact) mass is 272 g/mol. The van der Waals surface area contributed by atoms with Crippen molar-refractivity contribution in [1.82, 2.24) is 5.32 Å². The minimum atomic E-state index is -0.941. The molecule has 0 radical (unpaired) electrons. The van der Waals surface area contributed by atoms with E-state index in [1.54, 1.807) is 0 Å². The number of anilines is 1. The van der Waals surface area contributed by atoms with Crippen molar-refractivity contribution in [3.8, 4) is 0 Å². The topological polar surface area (TPSA) is 64.3 Å². The molecular formula is C13H18F2N2O2. The summed E-state index contributed by atoms with van der Waals surface area (Å²) in [4.78, 5) is 11.9. The first kappa shape index (κ1) is 15.4. The van der Waals surface area contributed by atoms with Gasteiger partial charge in [0.2, 0.25) is 0 Å². The number of rotatable bonds is 5. The Labute approximate surface area is 110 Å². The highest BCUT2D eigenvalue weighted by atomic mass is 19.1. The number of carbonyl (C=O) groups excluding carboxylic acids is 1. The molecule has 6 heteroatoms. The van der Waals surface area contributed by atoms with E-state index in [9.17, 15) is 13.6 Å². The maximum Gasteiger partial charge on any atom is 0.254 e. The maximum atomic E-state index is 13.5. The minimum absolute atomic E-state index is 0.116. The first-order valence-electron chi connectivity index (χ1n) is 5.91. The Morgan fingerprint density at radius 3 is 2.53 bits per heavy atom. The number of nitrogens with one attached hydrogen (secondary N) is 1. The van der Waals surface area contributed by atoms with Crippen molar-refractivity contribution in [2.45, 2.75) is 19.9 Å². The van der Waals surface area contributed by atoms with Crippen LogP contribution in [0.25, 0.3) is 0 Å². The average Bonchev–Trinajstić information content (AvgIpc) is 2.32. The van der Waals surface area contributed by atoms with E-state index in [0.717, 1.165) is 6.07 Å². The van der Waals surface area contributed by atoms with Crippen LogP contribution in [0.1, 0.15) is 24.2 Å². The molecule has 1 amide bonds. The molecule has 0 fully saturated rings. The van der Waals surface area contributed by atoms with Gasteiger partial charge in [-0.15, -0.1) is 0 Å². The van der Waals surface area contributed by atoms with E-state index in [1.165, 1.54) is 7.11 Å². The summed E-state index contributed by atoms with van der Waals surface area (Å²) in [7, 11) is 1.51. The van der Waals surface area contributed by atoms with Gasteiger partial charge in [-0.2, -0.15) is 0 Å². The molecule has 0 saturated heterocycles. The highest BCUT2D eigenvalue weighted by Crippen LogP contribution is 2.17. The molecule has 106 valence electrons. The largest absolute Gasteiger partial charge is 0.396 e. The molecule has 0 aromatic heterocycles. The lowest BCUT2D eigenvalue weighted by Crippen LogP contribution is -2.42. The van der Waals surface area contributed by atoms with Gasteiger partial charge in [0.1, 0.15) is 11.6 Å². The molecule has 0 aliphatic rings. The lowest BCUT2D eigenvalue weighted by molar-refractivity contribution is 0.0862. The van der Waals surface area contributed by atoms with E-state index in [2.05, 4.69) is 5.32 Å². The van der Waals surface area contributed by atoms with Gasteiger partial charge in [0.05, 0.1) is 23.9 Å². The predicted octanol–water partition coefficient (Wildman–Crippen LogP) is 1.95. The third kappa shape index (κ3) is 3.89. The summed E-state index contributed by atoms with van der Waals surface area (Å²) >= 11 is 0. The zero-order valence-corrected chi connectivity index (χ0v) is 11.2. The van der Waals surface area contributed by atoms with Crippen LogP contribution in [0.2, 0.25) is 0 Å². The summed E-state index contributed by atoms with van der Waals surface area (Å²) in [5, 5.41) is 2.64. The molecule has 3 N–H and O–H groups in total. The van der Waals surface area contributed by atoms with Gasteiger partial charge in [0, 0.05) is 13.2 Å². The van der Waals surface area contributed by atoms with Crippen LogP contribution in [0.3, 0.4) is 0 Å². The molecule has 1 aromatic carbocycles. The molecule has 4 nitrogen and oxygen atoms in total. The molecule has 1 rings (SSSR count). The van der Waals surface area contributed by atoms with Gasteiger partial charge in [0.25, 0.3) is 5.91 Å². The molecular weight excluding hydrogens is 254 g/mol. The molecule has 1 atom stereocenters. The molecule has 1 unspecified atom stereocenters. The second-order valence-electron chi connectivity index (χ2n) is 4.63. The summed E-state index contributed by atoms with van der Waals surface area (Å²) in [5.41, 5.74) is 4.79. The van der Waals surface area contributed by atoms with Gasteiger partial charge in [-0.1, -0.05) is 13.8 Å². The number of hydrogen-bond donors (Lipinski definition) is 2. The van der Waals surface area contributed by atoms with Crippen molar-refractivity contribution in [1.29, 1.82) is 0 Å². The van der Waals surface area contributed by atoms with E-state index in [0.29, 0.717) is 12.7 Å². The fraction of sp³-hybridized carbons (Fsp3) is 0.462. The van der Waals surface area contributed by atoms with Gasteiger partial charge >= 0.3 is 0 Å². The van der Waals surface area contributed by atoms with Crippen LogP contribution >= 0.6 is 0 Å². The van der Waals surface area contributed by atoms with Crippen molar-refractivity contribution in [2.75, 3.05) is 19.5 Å². The first-order valence-corrected chi connectivity index (χ1v) is 5.91. The second-order valence-corrected chi connectivity index (χ2v) is 4.63. The fourth-order valence-corrected chi connectivity index (χ4v) is 1.57. The number of carbonyl (C=O) groups is 1. The Hall–Kier alpha value is -1.69. The van der Waals surface area contributed by atoms with Crippen LogP contribution in [0.15, 0.2) is 12.1 Å². The normalized spacial score (nSPS) is 12.5. The van der Waals surface area contributed by atoms with E-state index in [4.69, 9.17) is 10.5 Å². The number of nitrogens with two attached hydrogens (primary N) is 1. The molecule has 0 saturated carbocycles. The number of hydrogen-bond acceptors (Lipinski definition) is 3. The number of methoxy groups -OCH3 is 1. The van der Waals surface area contributed by atoms with Crippen LogP contribution < -0.4 is 11.1 Å². The fourth-order valence-electron chi connectivity index (χ4n) is 1.57. The van der Waals surface area contributed by atoms with Crippen molar-refractivity contribution in [3.05, 3.63) is 29.3 Å². The van der Waals surface area contributed by atoms with E-state index in [-0.39, 0.29) is 23.2 Å². The van der Waals surface area contributed by atoms with E-state index >= 15 is 0 Å². The van der Waals surface area contributed by atoms with E-state index < -0.39 is 17.5 Å². The third-order valence-electron chi connectivity index (χ3n) is 2.80. The average molecular weight is 272 g/mol. The molecule has 1 aromatic rings. The molecule has 0 aliphatic heterocycles. The Bertz CT molecular complexity index is 464. The second kappa shape index (κ2) is 6.47. The molecule has 0 aliphatic carbocycles. The summed E-state index contributed by atoms with van der Waals surface area (Å²) in [6.07, 6.45) is 0. The lowest BCUT2D eigenvalue weighted by atomic mass is 10.0. The quantitative estimate of drug-likeness (QED) is 0.805. The summed E-state index contributed by atoms with van der Waals surface area (Å²) in [6, 6.07) is 1.33. The Kier molecular flexibility index (Phi) is 5.23. The zero-order chi connectivity index (χ0) is 14.6. The van der Waals surface area contributed by atoms with Crippen LogP contribution in [-0.4, -0.2) is 25.7 Å². The van der Waals surface area contributed by atoms with Crippen LogP contribution in [0, 0.1) is 17.6 Å². The lowest BCUT2D eigenvalue weighted by Gasteiger charge is -2.21. The number of nitrogen functional groups attached to an aromatic ring is 1. The van der Waals surface area contributed by atoms with Crippen molar-refractivity contribution in [3.63, 3.8) is 0 Å². The van der Waals surface area contributed by atoms with Crippen LogP contribution in [-0.2, 0) is 4.74 Å². The van der Waals surface area contributed by atoms with Crippen molar-refractivity contribution in [2.24, 2.45) is 5.92 Å². The minimum Gasteiger partial charge on any atom is -0.396 e. The van der Waals surface area contributed by atoms with Crippen LogP contribution in [0.4, 0.5) is 14.5 Å². The smallest absolute Gasteiger partial charge is 0.254 e. The Morgan fingerprint density at radius 1 is 1.37 bits per heavy atom. The third-order valence-corrected chi connectivity index (χ3v) is 2.80. The van der Waals surface area contributed by atoms with Gasteiger partial charge in [-0.05, 0) is 12.0 Å². The molecule has 19 heavy (non-hydrogen) atoms. The summed E-state index contributed by atoms with van der Waals surface area (Å²) in [6.45, 7) is 4.11. The van der Waals surface area contributed by atoms with Gasteiger partial charge in [-0.3, -0.25) is 4.79 Å². The Balaban J connectivity index is 2.91. The van der Waals surface area contributed by atoms with Crippen molar-refractivity contribution < 1.29 is 18.3 Å². The number of benzene rings is 1. The highest BCUT2D eigenvalue weighted by Gasteiger charge is 2.20. The van der Waals surface area contributed by atoms with Gasteiger partial charge in [-0.25, -0.2) is 8.78 Å². The van der Waals surface area contributed by atoms with Gasteiger partial charge < -0.3 is 15.8 Å². The number of amides is 1. The van der Waals surface area contributed by atoms with Crippen molar-refractivity contribution >= 4 is 11.6 Å². The van der Waals surface area contributed by atoms with Crippen LogP contribution in [0.5, 0.6) is 0 Å². The SMILES string of the molecule is COCC(NC(=O)c1cc(N)c(F)cc1F)C(C)C. The molecule has 0 bridgehead atoms. The van der Waals surface area contributed by atoms with E-state index in [1.807, 2.05) is 13.8 Å². The highest BCUT2D eigenvalue weighted by molar-refractivity contribution is 5.95. The molecule has 0 spiro atoms. The number of halogens is 2. The Morgan fingerprint density at radius 2 is 2.00 bits per heavy atom. The molecule has 0 heterocycles. The summed E-state index contributed by atoms with van der Waals surface area (Å²) < 4.78 is 31.5. The maximum absolute atomic E-state index is 13.5.